The van der Waals surface area contributed by atoms with Gasteiger partial charge in [0.15, 0.2) is 0 Å². The number of halogens is 5. The van der Waals surface area contributed by atoms with Crippen LogP contribution in [0.1, 0.15) is 31.1 Å². The molecule has 3 amide bonds. The standard InChI is InChI=1S/C15H5BrCl4N2O4/c16-4-1-2-6(23)5(3-4)13(24)21-22-14(25)7-8(15(22)26)10(18)12(20)11(19)9(7)17/h1-3,23H,(H,21,24). The summed E-state index contributed by atoms with van der Waals surface area (Å²) in [6.45, 7) is 0. The first-order chi connectivity index (χ1) is 12.1. The molecule has 0 saturated carbocycles. The van der Waals surface area contributed by atoms with Crippen molar-refractivity contribution in [3.63, 3.8) is 0 Å². The Bertz CT molecular complexity index is 965. The normalized spacial score (nSPS) is 13.2. The number of phenolic OH excluding ortho intramolecular Hbond substituents is 1. The largest absolute Gasteiger partial charge is 0.507 e. The molecular weight excluding hydrogens is 494 g/mol. The summed E-state index contributed by atoms with van der Waals surface area (Å²) in [4.78, 5) is 37.4. The minimum Gasteiger partial charge on any atom is -0.507 e. The number of fused-ring (bicyclic) bond motifs is 1. The lowest BCUT2D eigenvalue weighted by Crippen LogP contribution is -2.45. The number of amides is 3. The minimum atomic E-state index is -0.932. The van der Waals surface area contributed by atoms with Crippen LogP contribution in [0.3, 0.4) is 0 Å². The second-order valence-corrected chi connectivity index (χ2v) is 7.48. The maximum Gasteiger partial charge on any atom is 0.282 e. The predicted octanol–water partition coefficient (Wildman–Crippen LogP) is 4.71. The number of hydrogen-bond donors (Lipinski definition) is 2. The molecule has 0 saturated heterocycles. The van der Waals surface area contributed by atoms with Crippen molar-refractivity contribution in [2.24, 2.45) is 0 Å². The number of aromatic hydroxyl groups is 1. The lowest BCUT2D eigenvalue weighted by molar-refractivity contribution is 0.0517. The average molecular weight is 499 g/mol. The summed E-state index contributed by atoms with van der Waals surface area (Å²) in [6.07, 6.45) is 0. The molecule has 2 aromatic rings. The fourth-order valence-corrected chi connectivity index (χ4v) is 3.68. The van der Waals surface area contributed by atoms with Gasteiger partial charge in [-0.1, -0.05) is 62.3 Å². The molecule has 134 valence electrons. The highest BCUT2D eigenvalue weighted by molar-refractivity contribution is 9.10. The van der Waals surface area contributed by atoms with E-state index in [1.54, 1.807) is 0 Å². The summed E-state index contributed by atoms with van der Waals surface area (Å²) in [5, 5.41) is 9.35. The van der Waals surface area contributed by atoms with Crippen molar-refractivity contribution in [3.8, 4) is 5.75 Å². The van der Waals surface area contributed by atoms with Crippen LogP contribution >= 0.6 is 62.3 Å². The molecule has 0 fully saturated rings. The first kappa shape index (κ1) is 19.3. The van der Waals surface area contributed by atoms with Crippen molar-refractivity contribution in [2.75, 3.05) is 0 Å². The van der Waals surface area contributed by atoms with Crippen LogP contribution in [0.2, 0.25) is 20.1 Å². The van der Waals surface area contributed by atoms with Gasteiger partial charge >= 0.3 is 0 Å². The number of hydrogen-bond acceptors (Lipinski definition) is 4. The van der Waals surface area contributed by atoms with Crippen molar-refractivity contribution in [3.05, 3.63) is 59.5 Å². The molecule has 0 atom stereocenters. The topological polar surface area (TPSA) is 86.7 Å². The van der Waals surface area contributed by atoms with E-state index >= 15 is 0 Å². The third-order valence-electron chi connectivity index (χ3n) is 3.52. The molecule has 0 spiro atoms. The van der Waals surface area contributed by atoms with Crippen molar-refractivity contribution in [2.45, 2.75) is 0 Å². The zero-order valence-corrected chi connectivity index (χ0v) is 16.9. The van der Waals surface area contributed by atoms with E-state index in [1.165, 1.54) is 18.2 Å². The van der Waals surface area contributed by atoms with Gasteiger partial charge in [-0.15, -0.1) is 0 Å². The molecule has 0 radical (unpaired) electrons. The van der Waals surface area contributed by atoms with Gasteiger partial charge in [0.25, 0.3) is 17.7 Å². The van der Waals surface area contributed by atoms with Gasteiger partial charge in [-0.3, -0.25) is 19.8 Å². The van der Waals surface area contributed by atoms with E-state index in [0.717, 1.165) is 0 Å². The van der Waals surface area contributed by atoms with Gasteiger partial charge < -0.3 is 5.11 Å². The molecule has 0 aliphatic carbocycles. The van der Waals surface area contributed by atoms with Crippen LogP contribution in [0.15, 0.2) is 22.7 Å². The lowest BCUT2D eigenvalue weighted by atomic mass is 10.1. The monoisotopic (exact) mass is 496 g/mol. The first-order valence-corrected chi connectivity index (χ1v) is 8.99. The number of rotatable bonds is 2. The van der Waals surface area contributed by atoms with Gasteiger partial charge in [0, 0.05) is 4.47 Å². The fraction of sp³-hybridized carbons (Fsp3) is 0. The highest BCUT2D eigenvalue weighted by atomic mass is 79.9. The molecule has 1 aliphatic heterocycles. The number of phenols is 1. The van der Waals surface area contributed by atoms with E-state index in [1.807, 2.05) is 0 Å². The maximum atomic E-state index is 12.5. The number of benzene rings is 2. The van der Waals surface area contributed by atoms with E-state index in [9.17, 15) is 19.5 Å². The zero-order valence-electron chi connectivity index (χ0n) is 12.2. The fourth-order valence-electron chi connectivity index (χ4n) is 2.30. The molecular formula is C15H5BrCl4N2O4. The molecule has 6 nitrogen and oxygen atoms in total. The molecule has 2 N–H and O–H groups in total. The van der Waals surface area contributed by atoms with Crippen LogP contribution in [-0.4, -0.2) is 27.8 Å². The lowest BCUT2D eigenvalue weighted by Gasteiger charge is -2.15. The van der Waals surface area contributed by atoms with Crippen LogP contribution < -0.4 is 5.43 Å². The van der Waals surface area contributed by atoms with Crippen molar-refractivity contribution in [1.29, 1.82) is 0 Å². The minimum absolute atomic E-state index is 0.163. The molecule has 2 aromatic carbocycles. The molecule has 11 heteroatoms. The number of nitrogens with zero attached hydrogens (tertiary/aromatic N) is 1. The van der Waals surface area contributed by atoms with Crippen molar-refractivity contribution >= 4 is 80.1 Å². The Kier molecular flexibility index (Phi) is 5.11. The summed E-state index contributed by atoms with van der Waals surface area (Å²) in [5.74, 6) is -3.11. The van der Waals surface area contributed by atoms with Crippen molar-refractivity contribution in [1.82, 2.24) is 10.4 Å². The van der Waals surface area contributed by atoms with E-state index in [-0.39, 0.29) is 42.5 Å². The second-order valence-electron chi connectivity index (χ2n) is 5.05. The van der Waals surface area contributed by atoms with E-state index < -0.39 is 17.7 Å². The average Bonchev–Trinajstić information content (AvgIpc) is 2.84. The summed E-state index contributed by atoms with van der Waals surface area (Å²) in [5.41, 5.74) is 1.41. The molecule has 26 heavy (non-hydrogen) atoms. The Hall–Kier alpha value is -1.51. The summed E-state index contributed by atoms with van der Waals surface area (Å²) < 4.78 is 0.507. The molecule has 1 aliphatic rings. The van der Waals surface area contributed by atoms with Crippen LogP contribution in [0, 0.1) is 0 Å². The number of carbonyl (C=O) groups is 3. The van der Waals surface area contributed by atoms with Gasteiger partial charge in [0.05, 0.1) is 36.8 Å². The van der Waals surface area contributed by atoms with Gasteiger partial charge in [-0.2, -0.15) is 5.01 Å². The first-order valence-electron chi connectivity index (χ1n) is 6.69. The third kappa shape index (κ3) is 2.93. The van der Waals surface area contributed by atoms with Gasteiger partial charge in [0.2, 0.25) is 0 Å². The van der Waals surface area contributed by atoms with Gasteiger partial charge in [0.1, 0.15) is 5.75 Å². The summed E-state index contributed by atoms with van der Waals surface area (Å²) in [7, 11) is 0. The molecule has 1 heterocycles. The zero-order chi connectivity index (χ0) is 19.3. The molecule has 0 unspecified atom stereocenters. The van der Waals surface area contributed by atoms with E-state index in [4.69, 9.17) is 46.4 Å². The smallest absolute Gasteiger partial charge is 0.282 e. The van der Waals surface area contributed by atoms with Gasteiger partial charge in [-0.25, -0.2) is 0 Å². The van der Waals surface area contributed by atoms with Gasteiger partial charge in [-0.05, 0) is 18.2 Å². The predicted molar refractivity (Wildman–Crippen MR) is 100 cm³/mol. The Labute approximate surface area is 174 Å². The number of carbonyl (C=O) groups excluding carboxylic acids is 3. The number of hydrazine groups is 1. The second kappa shape index (κ2) is 6.90. The Balaban J connectivity index is 2.01. The van der Waals surface area contributed by atoms with Crippen LogP contribution in [0.5, 0.6) is 5.75 Å². The quantitative estimate of drug-likeness (QED) is 0.357. The third-order valence-corrected chi connectivity index (χ3v) is 5.81. The number of nitrogens with one attached hydrogen (secondary N) is 1. The van der Waals surface area contributed by atoms with E-state index in [2.05, 4.69) is 21.4 Å². The summed E-state index contributed by atoms with van der Waals surface area (Å²) in [6, 6.07) is 4.10. The highest BCUT2D eigenvalue weighted by Gasteiger charge is 2.42. The summed E-state index contributed by atoms with van der Waals surface area (Å²) >= 11 is 27.0. The highest BCUT2D eigenvalue weighted by Crippen LogP contribution is 2.44. The van der Waals surface area contributed by atoms with Crippen molar-refractivity contribution < 1.29 is 19.5 Å². The maximum absolute atomic E-state index is 12.5. The molecule has 0 aromatic heterocycles. The van der Waals surface area contributed by atoms with Crippen LogP contribution in [-0.2, 0) is 0 Å². The van der Waals surface area contributed by atoms with Crippen LogP contribution in [0.4, 0.5) is 0 Å². The molecule has 3 rings (SSSR count). The Morgan fingerprint density at radius 2 is 1.46 bits per heavy atom. The van der Waals surface area contributed by atoms with E-state index in [0.29, 0.717) is 9.48 Å². The SMILES string of the molecule is O=C(NN1C(=O)c2c(Cl)c(Cl)c(Cl)c(Cl)c2C1=O)c1cc(Br)ccc1O. The Morgan fingerprint density at radius 1 is 0.962 bits per heavy atom. The number of imide groups is 1. The Morgan fingerprint density at radius 3 is 1.96 bits per heavy atom. The molecule has 0 bridgehead atoms. The van der Waals surface area contributed by atoms with Crippen LogP contribution in [0.25, 0.3) is 0 Å².